The fourth-order valence-corrected chi connectivity index (χ4v) is 5.77. The molecule has 6 N–H and O–H groups in total. The number of carboxylic acids is 2. The summed E-state index contributed by atoms with van der Waals surface area (Å²) in [6.45, 7) is 2.89. The second-order valence-electron chi connectivity index (χ2n) is 8.90. The number of thioether (sulfide) groups is 1. The van der Waals surface area contributed by atoms with Gasteiger partial charge in [-0.2, -0.15) is 0 Å². The molecule has 2 aromatic rings. The van der Waals surface area contributed by atoms with Crippen molar-refractivity contribution in [1.82, 2.24) is 5.32 Å². The molecule has 0 unspecified atom stereocenters. The zero-order valence-corrected chi connectivity index (χ0v) is 21.5. The summed E-state index contributed by atoms with van der Waals surface area (Å²) in [4.78, 5) is 20.9. The molecular formula is C26H33ClN2O6S. The summed E-state index contributed by atoms with van der Waals surface area (Å²) in [5.41, 5.74) is 5.24. The summed E-state index contributed by atoms with van der Waals surface area (Å²) in [7, 11) is 0. The van der Waals surface area contributed by atoms with Crippen LogP contribution in [0.1, 0.15) is 42.4 Å². The lowest BCUT2D eigenvalue weighted by molar-refractivity contribution is -0.165. The van der Waals surface area contributed by atoms with Crippen LogP contribution in [0.4, 0.5) is 5.69 Å². The molecule has 0 aromatic heterocycles. The molecule has 2 aromatic carbocycles. The van der Waals surface area contributed by atoms with Gasteiger partial charge in [0, 0.05) is 16.7 Å². The molecule has 0 bridgehead atoms. The van der Waals surface area contributed by atoms with Crippen molar-refractivity contribution in [3.63, 3.8) is 0 Å². The highest BCUT2D eigenvalue weighted by atomic mass is 35.5. The lowest BCUT2D eigenvalue weighted by Crippen LogP contribution is -2.39. The Bertz CT molecular complexity index is 1010. The molecule has 1 aliphatic carbocycles. The summed E-state index contributed by atoms with van der Waals surface area (Å²) in [6, 6.07) is 13.3. The molecular weight excluding hydrogens is 504 g/mol. The van der Waals surface area contributed by atoms with Gasteiger partial charge in [0.05, 0.1) is 10.7 Å². The SMILES string of the molecule is Clc1ccc2c(c1NCc1ccc(SC3CCCC3)cc1)CCNCC2.O=C(O)[C@H](O)[C@@H](O)C(=O)O. The third-order valence-corrected chi connectivity index (χ3v) is 7.95. The highest BCUT2D eigenvalue weighted by Gasteiger charge is 2.29. The van der Waals surface area contributed by atoms with E-state index >= 15 is 0 Å². The first-order valence-electron chi connectivity index (χ1n) is 12.1. The number of anilines is 1. The second-order valence-corrected chi connectivity index (χ2v) is 10.7. The maximum absolute atomic E-state index is 9.77. The zero-order valence-electron chi connectivity index (χ0n) is 20.0. The standard InChI is InChI=1S/C22H27ClN2S.C4H6O6/c23-21-10-7-17-11-13-24-14-12-20(17)22(21)25-15-16-5-8-19(9-6-16)26-18-3-1-2-4-18;5-1(3(7)8)2(6)4(9)10/h5-10,18,24-25H,1-4,11-15H2;1-2,5-6H,(H,7,8)(H,9,10)/t;1-,2-/m.1/s1. The first-order valence-corrected chi connectivity index (χ1v) is 13.3. The van der Waals surface area contributed by atoms with Crippen molar-refractivity contribution in [2.45, 2.75) is 67.4 Å². The van der Waals surface area contributed by atoms with Crippen molar-refractivity contribution >= 4 is 41.0 Å². The van der Waals surface area contributed by atoms with Crippen LogP contribution in [-0.2, 0) is 29.0 Å². The van der Waals surface area contributed by atoms with Gasteiger partial charge in [-0.1, -0.05) is 42.6 Å². The average molecular weight is 537 g/mol. The Labute approximate surface area is 220 Å². The van der Waals surface area contributed by atoms with Crippen molar-refractivity contribution < 1.29 is 30.0 Å². The summed E-state index contributed by atoms with van der Waals surface area (Å²) < 4.78 is 0. The van der Waals surface area contributed by atoms with Crippen LogP contribution < -0.4 is 10.6 Å². The van der Waals surface area contributed by atoms with Gasteiger partial charge in [0.2, 0.25) is 0 Å². The fraction of sp³-hybridized carbons (Fsp3) is 0.462. The van der Waals surface area contributed by atoms with Crippen LogP contribution in [0.3, 0.4) is 0 Å². The number of nitrogens with one attached hydrogen (secondary N) is 2. The molecule has 10 heteroatoms. The van der Waals surface area contributed by atoms with E-state index in [4.69, 9.17) is 32.0 Å². The monoisotopic (exact) mass is 536 g/mol. The molecule has 4 rings (SSSR count). The van der Waals surface area contributed by atoms with Crippen molar-refractivity contribution in [2.24, 2.45) is 0 Å². The maximum atomic E-state index is 9.77. The van der Waals surface area contributed by atoms with Crippen LogP contribution in [0.25, 0.3) is 0 Å². The van der Waals surface area contributed by atoms with Gasteiger partial charge in [0.25, 0.3) is 0 Å². The zero-order chi connectivity index (χ0) is 26.1. The van der Waals surface area contributed by atoms with Gasteiger partial charge < -0.3 is 31.1 Å². The molecule has 0 spiro atoms. The second kappa shape index (κ2) is 13.9. The molecule has 1 saturated carbocycles. The number of benzene rings is 2. The van der Waals surface area contributed by atoms with Crippen molar-refractivity contribution in [3.05, 3.63) is 58.1 Å². The third kappa shape index (κ3) is 8.11. The van der Waals surface area contributed by atoms with Gasteiger partial charge in [-0.15, -0.1) is 11.8 Å². The van der Waals surface area contributed by atoms with Gasteiger partial charge in [-0.25, -0.2) is 9.59 Å². The van der Waals surface area contributed by atoms with Crippen molar-refractivity contribution in [1.29, 1.82) is 0 Å². The van der Waals surface area contributed by atoms with E-state index in [1.54, 1.807) is 0 Å². The van der Waals surface area contributed by atoms with E-state index in [0.717, 1.165) is 48.4 Å². The number of carbonyl (C=O) groups is 2. The fourth-order valence-electron chi connectivity index (χ4n) is 4.28. The molecule has 0 radical (unpaired) electrons. The lowest BCUT2D eigenvalue weighted by Gasteiger charge is -2.16. The first-order chi connectivity index (χ1) is 17.3. The minimum absolute atomic E-state index is 0.817. The van der Waals surface area contributed by atoms with E-state index in [1.807, 2.05) is 17.8 Å². The molecule has 2 atom stereocenters. The molecule has 8 nitrogen and oxygen atoms in total. The predicted molar refractivity (Wildman–Crippen MR) is 141 cm³/mol. The van der Waals surface area contributed by atoms with E-state index in [-0.39, 0.29) is 0 Å². The molecule has 36 heavy (non-hydrogen) atoms. The summed E-state index contributed by atoms with van der Waals surface area (Å²) in [5.74, 6) is -3.54. The van der Waals surface area contributed by atoms with Crippen LogP contribution in [0.2, 0.25) is 5.02 Å². The lowest BCUT2D eigenvalue weighted by atomic mass is 10.0. The van der Waals surface area contributed by atoms with Crippen LogP contribution in [0, 0.1) is 0 Å². The van der Waals surface area contributed by atoms with E-state index < -0.39 is 24.1 Å². The number of fused-ring (bicyclic) bond motifs is 1. The van der Waals surface area contributed by atoms with E-state index in [9.17, 15) is 9.59 Å². The molecule has 1 aliphatic heterocycles. The number of hydrogen-bond acceptors (Lipinski definition) is 7. The third-order valence-electron chi connectivity index (χ3n) is 6.28. The van der Waals surface area contributed by atoms with E-state index in [0.29, 0.717) is 0 Å². The average Bonchev–Trinajstić information content (AvgIpc) is 3.26. The van der Waals surface area contributed by atoms with Gasteiger partial charge in [-0.05, 0) is 73.7 Å². The minimum atomic E-state index is -2.27. The topological polar surface area (TPSA) is 139 Å². The number of rotatable bonds is 8. The number of halogens is 1. The Balaban J connectivity index is 0.000000308. The number of carboxylic acid groups (broad SMARTS) is 2. The molecule has 1 heterocycles. The van der Waals surface area contributed by atoms with Gasteiger partial charge >= 0.3 is 11.9 Å². The Morgan fingerprint density at radius 2 is 1.58 bits per heavy atom. The number of aliphatic hydroxyl groups excluding tert-OH is 2. The Morgan fingerprint density at radius 1 is 0.972 bits per heavy atom. The summed E-state index contributed by atoms with van der Waals surface area (Å²) >= 11 is 8.56. The summed E-state index contributed by atoms with van der Waals surface area (Å²) in [6.07, 6.45) is 3.13. The first kappa shape index (κ1) is 28.3. The Hall–Kier alpha value is -2.30. The summed E-state index contributed by atoms with van der Waals surface area (Å²) in [5, 5.41) is 41.3. The van der Waals surface area contributed by atoms with Crippen LogP contribution in [0.15, 0.2) is 41.3 Å². The molecule has 196 valence electrons. The highest BCUT2D eigenvalue weighted by Crippen LogP contribution is 2.35. The normalized spacial score (nSPS) is 17.2. The number of aliphatic carboxylic acids is 2. The molecule has 0 amide bonds. The van der Waals surface area contributed by atoms with E-state index in [1.165, 1.54) is 47.3 Å². The minimum Gasteiger partial charge on any atom is -0.479 e. The Morgan fingerprint density at radius 3 is 2.19 bits per heavy atom. The predicted octanol–water partition coefficient (Wildman–Crippen LogP) is 3.55. The number of hydrogen-bond donors (Lipinski definition) is 6. The van der Waals surface area contributed by atoms with Gasteiger partial charge in [0.15, 0.2) is 12.2 Å². The van der Waals surface area contributed by atoms with Crippen molar-refractivity contribution in [2.75, 3.05) is 18.4 Å². The van der Waals surface area contributed by atoms with Crippen LogP contribution >= 0.6 is 23.4 Å². The maximum Gasteiger partial charge on any atom is 0.335 e. The highest BCUT2D eigenvalue weighted by molar-refractivity contribution is 8.00. The smallest absolute Gasteiger partial charge is 0.335 e. The number of aliphatic hydroxyl groups is 2. The largest absolute Gasteiger partial charge is 0.479 e. The molecule has 2 aliphatic rings. The van der Waals surface area contributed by atoms with Crippen LogP contribution in [0.5, 0.6) is 0 Å². The van der Waals surface area contributed by atoms with Gasteiger partial charge in [-0.3, -0.25) is 0 Å². The quantitative estimate of drug-likeness (QED) is 0.299. The van der Waals surface area contributed by atoms with E-state index in [2.05, 4.69) is 41.0 Å². The van der Waals surface area contributed by atoms with Crippen molar-refractivity contribution in [3.8, 4) is 0 Å². The Kier molecular flexibility index (Phi) is 10.9. The molecule has 1 fully saturated rings. The van der Waals surface area contributed by atoms with Crippen LogP contribution in [-0.4, -0.2) is 62.9 Å². The molecule has 0 saturated heterocycles. The van der Waals surface area contributed by atoms with Gasteiger partial charge in [0.1, 0.15) is 0 Å².